The largest absolute Gasteiger partial charge is 1.00 e. The summed E-state index contributed by atoms with van der Waals surface area (Å²) in [6.45, 7) is 4.80. The van der Waals surface area contributed by atoms with E-state index in [1.807, 2.05) is 18.2 Å². The Morgan fingerprint density at radius 3 is 2.75 bits per heavy atom. The van der Waals surface area contributed by atoms with E-state index in [4.69, 9.17) is 19.4 Å². The van der Waals surface area contributed by atoms with Gasteiger partial charge in [0, 0.05) is 31.6 Å². The van der Waals surface area contributed by atoms with Crippen molar-refractivity contribution in [2.24, 2.45) is 0 Å². The van der Waals surface area contributed by atoms with Gasteiger partial charge in [-0.25, -0.2) is 4.98 Å². The minimum atomic E-state index is 0. The third kappa shape index (κ3) is 3.71. The minimum Gasteiger partial charge on any atom is -1.00 e. The monoisotopic (exact) mass is 349 g/mol. The van der Waals surface area contributed by atoms with Crippen LogP contribution in [0.4, 0.5) is 11.8 Å². The van der Waals surface area contributed by atoms with Crippen LogP contribution in [0.3, 0.4) is 0 Å². The Morgan fingerprint density at radius 2 is 1.96 bits per heavy atom. The molecule has 2 aliphatic rings. The van der Waals surface area contributed by atoms with Crippen molar-refractivity contribution in [2.45, 2.75) is 18.9 Å². The first-order valence-corrected chi connectivity index (χ1v) is 8.35. The highest BCUT2D eigenvalue weighted by Crippen LogP contribution is 2.24. The van der Waals surface area contributed by atoms with E-state index in [2.05, 4.69) is 16.3 Å². The number of hydrogen-bond acceptors (Lipinski definition) is 6. The number of ether oxygens (including phenoxy) is 2. The Balaban J connectivity index is 0.00000169. The van der Waals surface area contributed by atoms with E-state index in [1.54, 1.807) is 0 Å². The smallest absolute Gasteiger partial charge is 0.228 e. The average Bonchev–Trinajstić information content (AvgIpc) is 3.14. The van der Waals surface area contributed by atoms with Gasteiger partial charge < -0.3 is 32.1 Å². The Bertz CT molecular complexity index is 673. The Hall–Kier alpha value is -1.63. The summed E-state index contributed by atoms with van der Waals surface area (Å²) in [7, 11) is 0. The van der Waals surface area contributed by atoms with Crippen molar-refractivity contribution in [1.82, 2.24) is 9.97 Å². The molecule has 0 radical (unpaired) electrons. The second-order valence-corrected chi connectivity index (χ2v) is 6.00. The van der Waals surface area contributed by atoms with Gasteiger partial charge in [-0.3, -0.25) is 0 Å². The first-order chi connectivity index (χ1) is 11.4. The molecule has 0 aliphatic carbocycles. The van der Waals surface area contributed by atoms with Crippen LogP contribution in [0.15, 0.2) is 24.3 Å². The number of nitrogens with one attached hydrogen (secondary N) is 1. The highest BCUT2D eigenvalue weighted by Gasteiger charge is 2.18. The van der Waals surface area contributed by atoms with Crippen LogP contribution in [-0.4, -0.2) is 55.5 Å². The zero-order chi connectivity index (χ0) is 15.5. The summed E-state index contributed by atoms with van der Waals surface area (Å²) in [6, 6.07) is 8.15. The van der Waals surface area contributed by atoms with Gasteiger partial charge in [-0.2, -0.15) is 4.98 Å². The third-order valence-corrected chi connectivity index (χ3v) is 4.41. The topological polar surface area (TPSA) is 59.5 Å². The number of fused-ring (bicyclic) bond motifs is 1. The van der Waals surface area contributed by atoms with Crippen molar-refractivity contribution < 1.29 is 21.9 Å². The van der Waals surface area contributed by atoms with Crippen molar-refractivity contribution in [3.05, 3.63) is 24.3 Å². The summed E-state index contributed by atoms with van der Waals surface area (Å²) in [5.41, 5.74) is 0.971. The van der Waals surface area contributed by atoms with Gasteiger partial charge in [0.15, 0.2) is 0 Å². The molecule has 2 aromatic rings. The van der Waals surface area contributed by atoms with Crippen molar-refractivity contribution in [3.8, 4) is 0 Å². The Labute approximate surface area is 148 Å². The summed E-state index contributed by atoms with van der Waals surface area (Å²) in [5, 5.41) is 4.53. The SMILES string of the molecule is [Cl-].c1ccc2c(NCC3CCCO3)nc(N3CCOCC3)nc2c1. The van der Waals surface area contributed by atoms with Crippen LogP contribution in [-0.2, 0) is 9.47 Å². The number of rotatable bonds is 4. The van der Waals surface area contributed by atoms with Crippen LogP contribution >= 0.6 is 0 Å². The maximum Gasteiger partial charge on any atom is 0.228 e. The number of benzene rings is 1. The van der Waals surface area contributed by atoms with Crippen molar-refractivity contribution in [2.75, 3.05) is 49.7 Å². The number of para-hydroxylation sites is 1. The molecular weight excluding hydrogens is 328 g/mol. The molecule has 2 saturated heterocycles. The van der Waals surface area contributed by atoms with Crippen LogP contribution in [0.2, 0.25) is 0 Å². The lowest BCUT2D eigenvalue weighted by molar-refractivity contribution is -0.00000669. The summed E-state index contributed by atoms with van der Waals surface area (Å²) >= 11 is 0. The maximum atomic E-state index is 5.70. The number of nitrogens with zero attached hydrogens (tertiary/aromatic N) is 3. The Morgan fingerprint density at radius 1 is 1.12 bits per heavy atom. The molecule has 2 aliphatic heterocycles. The van der Waals surface area contributed by atoms with E-state index in [0.29, 0.717) is 0 Å². The molecule has 0 amide bonds. The van der Waals surface area contributed by atoms with E-state index in [-0.39, 0.29) is 18.5 Å². The molecule has 0 saturated carbocycles. The number of aromatic nitrogens is 2. The molecule has 6 nitrogen and oxygen atoms in total. The second-order valence-electron chi connectivity index (χ2n) is 6.00. The summed E-state index contributed by atoms with van der Waals surface area (Å²) in [4.78, 5) is 11.7. The summed E-state index contributed by atoms with van der Waals surface area (Å²) in [5.74, 6) is 1.68. The molecule has 1 unspecified atom stereocenters. The van der Waals surface area contributed by atoms with E-state index >= 15 is 0 Å². The molecule has 7 heteroatoms. The van der Waals surface area contributed by atoms with Crippen molar-refractivity contribution in [3.63, 3.8) is 0 Å². The zero-order valence-electron chi connectivity index (χ0n) is 13.6. The average molecular weight is 350 g/mol. The highest BCUT2D eigenvalue weighted by molar-refractivity contribution is 5.90. The first kappa shape index (κ1) is 17.2. The van der Waals surface area contributed by atoms with Gasteiger partial charge in [-0.1, -0.05) is 12.1 Å². The van der Waals surface area contributed by atoms with Gasteiger partial charge >= 0.3 is 0 Å². The summed E-state index contributed by atoms with van der Waals surface area (Å²) < 4.78 is 11.1. The standard InChI is InChI=1S/C17H22N4O2.ClH/c1-2-6-15-14(5-1)16(18-12-13-4-3-9-23-13)20-17(19-15)21-7-10-22-11-8-21;/h1-2,5-6,13H,3-4,7-12H2,(H,18,19,20);1H/p-1. The lowest BCUT2D eigenvalue weighted by atomic mass is 10.2. The van der Waals surface area contributed by atoms with E-state index in [9.17, 15) is 0 Å². The summed E-state index contributed by atoms with van der Waals surface area (Å²) in [6.07, 6.45) is 2.55. The highest BCUT2D eigenvalue weighted by atomic mass is 35.5. The quantitative estimate of drug-likeness (QED) is 0.769. The lowest BCUT2D eigenvalue weighted by Crippen LogP contribution is -3.00. The molecule has 0 bridgehead atoms. The fourth-order valence-electron chi connectivity index (χ4n) is 3.12. The molecule has 1 aromatic carbocycles. The molecule has 130 valence electrons. The van der Waals surface area contributed by atoms with Gasteiger partial charge in [-0.15, -0.1) is 0 Å². The zero-order valence-corrected chi connectivity index (χ0v) is 14.3. The van der Waals surface area contributed by atoms with Crippen LogP contribution in [0.5, 0.6) is 0 Å². The first-order valence-electron chi connectivity index (χ1n) is 8.35. The predicted molar refractivity (Wildman–Crippen MR) is 90.0 cm³/mol. The molecule has 4 rings (SSSR count). The second kappa shape index (κ2) is 7.96. The molecule has 2 fully saturated rings. The predicted octanol–water partition coefficient (Wildman–Crippen LogP) is -0.939. The maximum absolute atomic E-state index is 5.70. The molecule has 3 heterocycles. The lowest BCUT2D eigenvalue weighted by Gasteiger charge is -2.27. The number of anilines is 2. The van der Waals surface area contributed by atoms with Gasteiger partial charge in [-0.05, 0) is 25.0 Å². The molecular formula is C17H22ClN4O2-. The third-order valence-electron chi connectivity index (χ3n) is 4.41. The van der Waals surface area contributed by atoms with Crippen LogP contribution in [0.25, 0.3) is 10.9 Å². The number of morpholine rings is 1. The van der Waals surface area contributed by atoms with Crippen molar-refractivity contribution in [1.29, 1.82) is 0 Å². The van der Waals surface area contributed by atoms with Gasteiger partial charge in [0.25, 0.3) is 0 Å². The molecule has 1 atom stereocenters. The molecule has 0 spiro atoms. The normalized spacial score (nSPS) is 20.8. The van der Waals surface area contributed by atoms with E-state index in [1.165, 1.54) is 0 Å². The Kier molecular flexibility index (Phi) is 5.71. The van der Waals surface area contributed by atoms with E-state index < -0.39 is 0 Å². The molecule has 1 N–H and O–H groups in total. The number of halogens is 1. The van der Waals surface area contributed by atoms with Crippen LogP contribution in [0.1, 0.15) is 12.8 Å². The van der Waals surface area contributed by atoms with Gasteiger partial charge in [0.2, 0.25) is 5.95 Å². The van der Waals surface area contributed by atoms with Crippen LogP contribution < -0.4 is 22.6 Å². The molecule has 1 aromatic heterocycles. The molecule has 24 heavy (non-hydrogen) atoms. The van der Waals surface area contributed by atoms with Crippen LogP contribution in [0, 0.1) is 0 Å². The number of hydrogen-bond donors (Lipinski definition) is 1. The minimum absolute atomic E-state index is 0. The van der Waals surface area contributed by atoms with Gasteiger partial charge in [0.1, 0.15) is 5.82 Å². The van der Waals surface area contributed by atoms with Crippen molar-refractivity contribution >= 4 is 22.7 Å². The fourth-order valence-corrected chi connectivity index (χ4v) is 3.12. The fraction of sp³-hybridized carbons (Fsp3) is 0.529. The van der Waals surface area contributed by atoms with E-state index in [0.717, 1.165) is 75.0 Å². The van der Waals surface area contributed by atoms with Gasteiger partial charge in [0.05, 0.1) is 24.8 Å².